The summed E-state index contributed by atoms with van der Waals surface area (Å²) in [5, 5.41) is 5.64. The van der Waals surface area contributed by atoms with Gasteiger partial charge in [0.05, 0.1) is 21.1 Å². The first-order valence-corrected chi connectivity index (χ1v) is 23.4. The fourth-order valence-corrected chi connectivity index (χ4v) is 7.26. The van der Waals surface area contributed by atoms with E-state index in [9.17, 15) is 19.0 Å². The van der Waals surface area contributed by atoms with Crippen LogP contribution in [0, 0.1) is 0 Å². The van der Waals surface area contributed by atoms with Gasteiger partial charge in [-0.1, -0.05) is 181 Å². The molecule has 0 saturated heterocycles. The molecule has 0 aliphatic heterocycles. The molecule has 2 amide bonds. The minimum atomic E-state index is -4.62. The van der Waals surface area contributed by atoms with E-state index in [1.165, 1.54) is 141 Å². The third-order valence-electron chi connectivity index (χ3n) is 9.86. The molecule has 0 spiro atoms. The van der Waals surface area contributed by atoms with Gasteiger partial charge in [-0.2, -0.15) is 0 Å². The second-order valence-electron chi connectivity index (χ2n) is 16.3. The van der Waals surface area contributed by atoms with Crippen molar-refractivity contribution in [1.29, 1.82) is 0 Å². The predicted molar refractivity (Wildman–Crippen MR) is 217 cm³/mol. The molecule has 0 aliphatic rings. The minimum Gasteiger partial charge on any atom is -0.756 e. The number of unbranched alkanes of at least 4 members (excludes halogenated alkanes) is 26. The molecule has 0 rings (SSSR count). The van der Waals surface area contributed by atoms with Gasteiger partial charge in [0.1, 0.15) is 19.3 Å². The Bertz CT molecular complexity index is 821. The van der Waals surface area contributed by atoms with Crippen LogP contribution in [0.1, 0.15) is 206 Å². The molecule has 2 N–H and O–H groups in total. The van der Waals surface area contributed by atoms with Crippen LogP contribution >= 0.6 is 7.82 Å². The second kappa shape index (κ2) is 35.7. The van der Waals surface area contributed by atoms with Crippen LogP contribution in [-0.2, 0) is 23.2 Å². The number of likely N-dealkylation sites (N-methyl/N-ethyl adjacent to an activating group) is 1. The fourth-order valence-electron chi connectivity index (χ4n) is 6.38. The quantitative estimate of drug-likeness (QED) is 0.0365. The Morgan fingerprint density at radius 2 is 0.827 bits per heavy atom. The van der Waals surface area contributed by atoms with Crippen LogP contribution in [0.5, 0.6) is 0 Å². The zero-order valence-electron chi connectivity index (χ0n) is 35.0. The Morgan fingerprint density at radius 3 is 1.12 bits per heavy atom. The SMILES string of the molecule is CCCCCCCCCCCCCCCCC(=O)NCC(CNC(=O)CCCCCCCCCCCCCCCC)OP(=O)([O-])OCC[N+](C)(C)C. The average molecular weight is 760 g/mol. The number of hydrogen-bond acceptors (Lipinski definition) is 6. The van der Waals surface area contributed by atoms with Crippen molar-refractivity contribution >= 4 is 19.6 Å². The van der Waals surface area contributed by atoms with Gasteiger partial charge in [-0.05, 0) is 12.8 Å². The van der Waals surface area contributed by atoms with Crippen molar-refractivity contribution in [3.63, 3.8) is 0 Å². The van der Waals surface area contributed by atoms with Gasteiger partial charge >= 0.3 is 0 Å². The molecule has 0 heterocycles. The van der Waals surface area contributed by atoms with Gasteiger partial charge in [0.15, 0.2) is 0 Å². The van der Waals surface area contributed by atoms with Crippen LogP contribution in [0.3, 0.4) is 0 Å². The summed E-state index contributed by atoms with van der Waals surface area (Å²) in [6.07, 6.45) is 35.0. The van der Waals surface area contributed by atoms with E-state index in [2.05, 4.69) is 24.5 Å². The molecule has 10 heteroatoms. The number of hydrogen-bond donors (Lipinski definition) is 2. The number of nitrogens with zero attached hydrogens (tertiary/aromatic N) is 1. The zero-order valence-corrected chi connectivity index (χ0v) is 35.9. The van der Waals surface area contributed by atoms with Gasteiger partial charge in [-0.25, -0.2) is 0 Å². The molecule has 9 nitrogen and oxygen atoms in total. The highest BCUT2D eigenvalue weighted by molar-refractivity contribution is 7.45. The summed E-state index contributed by atoms with van der Waals surface area (Å²) in [5.41, 5.74) is 0. The Morgan fingerprint density at radius 1 is 0.538 bits per heavy atom. The van der Waals surface area contributed by atoms with Gasteiger partial charge in [-0.15, -0.1) is 0 Å². The molecule has 0 aromatic rings. The fraction of sp³-hybridized carbons (Fsp3) is 0.952. The zero-order chi connectivity index (χ0) is 38.6. The number of amides is 2. The maximum absolute atomic E-state index is 12.6. The standard InChI is InChI=1S/C42H86N3O6P/c1-6-8-10-12-14-16-18-20-22-24-26-28-30-32-34-41(46)43-38-40(51-52(48,49)50-37-36-45(3,4)5)39-44-42(47)35-33-31-29-27-25-23-21-19-17-15-13-11-9-7-2/h40H,6-39H2,1-5H3,(H2-,43,44,46,47,48,49). The maximum Gasteiger partial charge on any atom is 0.268 e. The van der Waals surface area contributed by atoms with Crippen LogP contribution < -0.4 is 15.5 Å². The van der Waals surface area contributed by atoms with Crippen molar-refractivity contribution in [2.24, 2.45) is 0 Å². The van der Waals surface area contributed by atoms with Gasteiger partial charge < -0.3 is 29.1 Å². The van der Waals surface area contributed by atoms with Gasteiger partial charge in [0.2, 0.25) is 11.8 Å². The van der Waals surface area contributed by atoms with E-state index in [4.69, 9.17) is 9.05 Å². The molecular formula is C42H86N3O6P. The van der Waals surface area contributed by atoms with E-state index in [0.29, 0.717) is 23.9 Å². The maximum atomic E-state index is 12.6. The molecule has 52 heavy (non-hydrogen) atoms. The van der Waals surface area contributed by atoms with Crippen LogP contribution in [0.2, 0.25) is 0 Å². The van der Waals surface area contributed by atoms with E-state index in [0.717, 1.165) is 38.5 Å². The summed E-state index contributed by atoms with van der Waals surface area (Å²) in [6.45, 7) is 4.98. The van der Waals surface area contributed by atoms with Crippen molar-refractivity contribution in [2.45, 2.75) is 213 Å². The van der Waals surface area contributed by atoms with Gasteiger partial charge in [0.25, 0.3) is 7.82 Å². The van der Waals surface area contributed by atoms with E-state index in [1.807, 2.05) is 21.1 Å². The summed E-state index contributed by atoms with van der Waals surface area (Å²) >= 11 is 0. The van der Waals surface area contributed by atoms with Crippen LogP contribution in [0.15, 0.2) is 0 Å². The number of nitrogens with one attached hydrogen (secondary N) is 2. The molecule has 0 radical (unpaired) electrons. The molecule has 0 aromatic heterocycles. The smallest absolute Gasteiger partial charge is 0.268 e. The first-order valence-electron chi connectivity index (χ1n) is 22.0. The average Bonchev–Trinajstić information content (AvgIpc) is 3.09. The van der Waals surface area contributed by atoms with Crippen molar-refractivity contribution in [3.8, 4) is 0 Å². The first kappa shape index (κ1) is 51.0. The number of phosphoric ester groups is 1. The highest BCUT2D eigenvalue weighted by atomic mass is 31.2. The van der Waals surface area contributed by atoms with Crippen LogP contribution in [0.25, 0.3) is 0 Å². The molecule has 0 aliphatic carbocycles. The first-order chi connectivity index (χ1) is 25.0. The summed E-state index contributed by atoms with van der Waals surface area (Å²) < 4.78 is 23.6. The number of rotatable bonds is 40. The molecule has 0 bridgehead atoms. The van der Waals surface area contributed by atoms with E-state index in [1.54, 1.807) is 0 Å². The lowest BCUT2D eigenvalue weighted by molar-refractivity contribution is -0.870. The van der Waals surface area contributed by atoms with Crippen molar-refractivity contribution in [3.05, 3.63) is 0 Å². The second-order valence-corrected chi connectivity index (χ2v) is 17.7. The topological polar surface area (TPSA) is 117 Å². The summed E-state index contributed by atoms with van der Waals surface area (Å²) in [4.78, 5) is 37.8. The highest BCUT2D eigenvalue weighted by Gasteiger charge is 2.21. The molecule has 0 aromatic carbocycles. The number of quaternary nitrogens is 1. The normalized spacial score (nSPS) is 13.1. The molecule has 310 valence electrons. The lowest BCUT2D eigenvalue weighted by atomic mass is 10.0. The molecule has 1 atom stereocenters. The molecular weight excluding hydrogens is 673 g/mol. The van der Waals surface area contributed by atoms with Crippen LogP contribution in [0.4, 0.5) is 0 Å². The lowest BCUT2D eigenvalue weighted by Gasteiger charge is -2.30. The minimum absolute atomic E-state index is 0.00599. The number of carbonyl (C=O) groups is 2. The third-order valence-corrected chi connectivity index (χ3v) is 10.9. The molecule has 0 fully saturated rings. The van der Waals surface area contributed by atoms with Crippen molar-refractivity contribution in [2.75, 3.05) is 47.4 Å². The monoisotopic (exact) mass is 760 g/mol. The Balaban J connectivity index is 4.29. The molecule has 0 saturated carbocycles. The van der Waals surface area contributed by atoms with Crippen molar-refractivity contribution < 1.29 is 32.6 Å². The van der Waals surface area contributed by atoms with Crippen molar-refractivity contribution in [1.82, 2.24) is 10.6 Å². The largest absolute Gasteiger partial charge is 0.756 e. The number of carbonyl (C=O) groups excluding carboxylic acids is 2. The van der Waals surface area contributed by atoms with E-state index >= 15 is 0 Å². The third kappa shape index (κ3) is 38.7. The van der Waals surface area contributed by atoms with Gasteiger partial charge in [0, 0.05) is 25.9 Å². The Hall–Kier alpha value is -0.990. The van der Waals surface area contributed by atoms with E-state index < -0.39 is 13.9 Å². The Kier molecular flexibility index (Phi) is 35.0. The van der Waals surface area contributed by atoms with Crippen LogP contribution in [-0.4, -0.2) is 69.8 Å². The lowest BCUT2D eigenvalue weighted by Crippen LogP contribution is -2.42. The Labute approximate surface area is 322 Å². The summed E-state index contributed by atoms with van der Waals surface area (Å²) in [6, 6.07) is 0. The summed E-state index contributed by atoms with van der Waals surface area (Å²) in [5.74, 6) is -0.263. The number of phosphoric acid groups is 1. The molecule has 1 unspecified atom stereocenters. The van der Waals surface area contributed by atoms with E-state index in [-0.39, 0.29) is 31.5 Å². The van der Waals surface area contributed by atoms with Gasteiger partial charge in [-0.3, -0.25) is 14.2 Å². The predicted octanol–water partition coefficient (Wildman–Crippen LogP) is 10.5. The highest BCUT2D eigenvalue weighted by Crippen LogP contribution is 2.39. The summed E-state index contributed by atoms with van der Waals surface area (Å²) in [7, 11) is 1.22.